The highest BCUT2D eigenvalue weighted by molar-refractivity contribution is 7.16. The van der Waals surface area contributed by atoms with Crippen LogP contribution in [0.1, 0.15) is 24.4 Å². The van der Waals surface area contributed by atoms with E-state index in [0.29, 0.717) is 16.8 Å². The average Bonchev–Trinajstić information content (AvgIpc) is 3.33. The molecule has 0 saturated carbocycles. The summed E-state index contributed by atoms with van der Waals surface area (Å²) in [6.45, 7) is 0.725. The summed E-state index contributed by atoms with van der Waals surface area (Å²) >= 11 is 1.42. The number of carbonyl (C=O) groups excluding carboxylic acids is 1. The fourth-order valence-corrected chi connectivity index (χ4v) is 4.20. The topological polar surface area (TPSA) is 64.4 Å². The van der Waals surface area contributed by atoms with E-state index in [0.717, 1.165) is 24.2 Å². The van der Waals surface area contributed by atoms with Crippen molar-refractivity contribution in [3.05, 3.63) is 58.0 Å². The maximum atomic E-state index is 12.9. The van der Waals surface area contributed by atoms with Gasteiger partial charge >= 0.3 is 0 Å². The number of thiophene rings is 1. The van der Waals surface area contributed by atoms with Gasteiger partial charge in [0.2, 0.25) is 5.91 Å². The second-order valence-electron chi connectivity index (χ2n) is 6.34. The molecule has 0 spiro atoms. The normalized spacial score (nSPS) is 17.0. The molecule has 1 aliphatic rings. The van der Waals surface area contributed by atoms with Crippen LogP contribution in [-0.4, -0.2) is 34.0 Å². The Kier molecular flexibility index (Phi) is 4.46. The van der Waals surface area contributed by atoms with Gasteiger partial charge in [-0.3, -0.25) is 14.2 Å². The molecule has 0 aliphatic carbocycles. The first-order chi connectivity index (χ1) is 12.7. The van der Waals surface area contributed by atoms with Gasteiger partial charge in [-0.05, 0) is 42.0 Å². The predicted octanol–water partition coefficient (Wildman–Crippen LogP) is 2.83. The summed E-state index contributed by atoms with van der Waals surface area (Å²) in [5, 5.41) is 2.41. The van der Waals surface area contributed by atoms with E-state index < -0.39 is 0 Å². The zero-order chi connectivity index (χ0) is 18.1. The number of amides is 1. The maximum Gasteiger partial charge on any atom is 0.262 e. The number of carbonyl (C=O) groups is 1. The molecule has 0 bridgehead atoms. The lowest BCUT2D eigenvalue weighted by molar-refractivity contribution is -0.132. The predicted molar refractivity (Wildman–Crippen MR) is 101 cm³/mol. The van der Waals surface area contributed by atoms with E-state index in [4.69, 9.17) is 4.74 Å². The Morgan fingerprint density at radius 2 is 2.12 bits per heavy atom. The summed E-state index contributed by atoms with van der Waals surface area (Å²) in [4.78, 5) is 32.2. The molecule has 1 fully saturated rings. The van der Waals surface area contributed by atoms with Gasteiger partial charge in [-0.2, -0.15) is 0 Å². The number of ether oxygens (including phenoxy) is 1. The molecule has 1 atom stereocenters. The minimum absolute atomic E-state index is 0.0181. The largest absolute Gasteiger partial charge is 0.497 e. The monoisotopic (exact) mass is 369 g/mol. The molecule has 0 N–H and O–H groups in total. The van der Waals surface area contributed by atoms with Crippen LogP contribution in [-0.2, 0) is 11.3 Å². The first-order valence-electron chi connectivity index (χ1n) is 8.53. The Balaban J connectivity index is 1.56. The highest BCUT2D eigenvalue weighted by Crippen LogP contribution is 2.32. The van der Waals surface area contributed by atoms with Gasteiger partial charge in [0.15, 0.2) is 0 Å². The Bertz CT molecular complexity index is 993. The van der Waals surface area contributed by atoms with Gasteiger partial charge in [-0.15, -0.1) is 11.3 Å². The number of hydrogen-bond donors (Lipinski definition) is 0. The molecule has 1 saturated heterocycles. The summed E-state index contributed by atoms with van der Waals surface area (Å²) in [7, 11) is 1.64. The summed E-state index contributed by atoms with van der Waals surface area (Å²) in [5.41, 5.74) is 0.931. The summed E-state index contributed by atoms with van der Waals surface area (Å²) in [6, 6.07) is 9.62. The van der Waals surface area contributed by atoms with Gasteiger partial charge in [0, 0.05) is 6.54 Å². The van der Waals surface area contributed by atoms with Crippen molar-refractivity contribution in [2.24, 2.45) is 0 Å². The fraction of sp³-hybridized carbons (Fsp3) is 0.316. The summed E-state index contributed by atoms with van der Waals surface area (Å²) < 4.78 is 6.61. The van der Waals surface area contributed by atoms with Crippen LogP contribution in [0.5, 0.6) is 5.75 Å². The van der Waals surface area contributed by atoms with E-state index in [9.17, 15) is 9.59 Å². The highest BCUT2D eigenvalue weighted by atomic mass is 32.1. The molecule has 1 aliphatic heterocycles. The van der Waals surface area contributed by atoms with Crippen molar-refractivity contribution in [1.82, 2.24) is 14.5 Å². The number of methoxy groups -OCH3 is 1. The number of benzene rings is 1. The van der Waals surface area contributed by atoms with Gasteiger partial charge in [-0.1, -0.05) is 12.1 Å². The minimum Gasteiger partial charge on any atom is -0.497 e. The van der Waals surface area contributed by atoms with Crippen molar-refractivity contribution in [3.8, 4) is 5.75 Å². The Morgan fingerprint density at radius 3 is 2.88 bits per heavy atom. The van der Waals surface area contributed by atoms with Gasteiger partial charge in [-0.25, -0.2) is 4.98 Å². The molecular weight excluding hydrogens is 350 g/mol. The number of hydrogen-bond acceptors (Lipinski definition) is 5. The maximum absolute atomic E-state index is 12.9. The molecule has 1 amide bonds. The number of aromatic nitrogens is 2. The molecule has 0 radical (unpaired) electrons. The van der Waals surface area contributed by atoms with Crippen LogP contribution in [0.25, 0.3) is 10.2 Å². The zero-order valence-electron chi connectivity index (χ0n) is 14.4. The van der Waals surface area contributed by atoms with E-state index in [1.165, 1.54) is 22.2 Å². The molecule has 2 aromatic heterocycles. The van der Waals surface area contributed by atoms with E-state index >= 15 is 0 Å². The van der Waals surface area contributed by atoms with Crippen LogP contribution < -0.4 is 10.3 Å². The van der Waals surface area contributed by atoms with Crippen LogP contribution in [0.2, 0.25) is 0 Å². The molecule has 3 aromatic rings. The lowest BCUT2D eigenvalue weighted by atomic mass is 10.0. The summed E-state index contributed by atoms with van der Waals surface area (Å²) in [6.07, 6.45) is 3.35. The third-order valence-electron chi connectivity index (χ3n) is 4.83. The van der Waals surface area contributed by atoms with Crippen LogP contribution >= 0.6 is 11.3 Å². The third kappa shape index (κ3) is 2.99. The lowest BCUT2D eigenvalue weighted by Crippen LogP contribution is -2.36. The van der Waals surface area contributed by atoms with Crippen LogP contribution in [0, 0.1) is 0 Å². The average molecular weight is 369 g/mol. The molecule has 3 heterocycles. The second-order valence-corrected chi connectivity index (χ2v) is 7.23. The Morgan fingerprint density at radius 1 is 1.31 bits per heavy atom. The number of rotatable bonds is 4. The second kappa shape index (κ2) is 6.92. The first kappa shape index (κ1) is 16.8. The van der Waals surface area contributed by atoms with Crippen LogP contribution in [0.15, 0.2) is 46.8 Å². The Hall–Kier alpha value is -2.67. The molecule has 1 aromatic carbocycles. The number of fused-ring (bicyclic) bond motifs is 1. The smallest absolute Gasteiger partial charge is 0.262 e. The van der Waals surface area contributed by atoms with Crippen LogP contribution in [0.3, 0.4) is 0 Å². The summed E-state index contributed by atoms with van der Waals surface area (Å²) in [5.74, 6) is 0.744. The van der Waals surface area contributed by atoms with E-state index in [1.807, 2.05) is 34.5 Å². The van der Waals surface area contributed by atoms with E-state index in [1.54, 1.807) is 13.2 Å². The minimum atomic E-state index is -0.162. The molecule has 134 valence electrons. The molecule has 0 unspecified atom stereocenters. The Labute approximate surface area is 154 Å². The van der Waals surface area contributed by atoms with Crippen LogP contribution in [0.4, 0.5) is 0 Å². The van der Waals surface area contributed by atoms with Crippen molar-refractivity contribution < 1.29 is 9.53 Å². The van der Waals surface area contributed by atoms with Crippen molar-refractivity contribution in [2.45, 2.75) is 25.4 Å². The van der Waals surface area contributed by atoms with Crippen molar-refractivity contribution in [2.75, 3.05) is 13.7 Å². The number of likely N-dealkylation sites (tertiary alicyclic amines) is 1. The molecular formula is C19H19N3O3S. The van der Waals surface area contributed by atoms with Crippen molar-refractivity contribution >= 4 is 27.5 Å². The van der Waals surface area contributed by atoms with Crippen molar-refractivity contribution in [3.63, 3.8) is 0 Å². The SMILES string of the molecule is COc1ccc([C@@H]2CCCN2C(=O)Cn2cnc3sccc3c2=O)cc1. The molecule has 26 heavy (non-hydrogen) atoms. The standard InChI is InChI=1S/C19H19N3O3S/c1-25-14-6-4-13(5-7-14)16-3-2-9-22(16)17(23)11-21-12-20-18-15(19(21)24)8-10-26-18/h4-8,10,12,16H,2-3,9,11H2,1H3/t16-/m0/s1. The van der Waals surface area contributed by atoms with E-state index in [2.05, 4.69) is 4.98 Å². The fourth-order valence-electron chi connectivity index (χ4n) is 3.48. The van der Waals surface area contributed by atoms with Crippen molar-refractivity contribution in [1.29, 1.82) is 0 Å². The third-order valence-corrected chi connectivity index (χ3v) is 5.65. The molecule has 7 heteroatoms. The quantitative estimate of drug-likeness (QED) is 0.709. The highest BCUT2D eigenvalue weighted by Gasteiger charge is 2.30. The molecule has 6 nitrogen and oxygen atoms in total. The zero-order valence-corrected chi connectivity index (χ0v) is 15.2. The lowest BCUT2D eigenvalue weighted by Gasteiger charge is -2.25. The van der Waals surface area contributed by atoms with Gasteiger partial charge < -0.3 is 9.64 Å². The van der Waals surface area contributed by atoms with Gasteiger partial charge in [0.05, 0.1) is 24.9 Å². The van der Waals surface area contributed by atoms with Gasteiger partial charge in [0.1, 0.15) is 17.1 Å². The van der Waals surface area contributed by atoms with Gasteiger partial charge in [0.25, 0.3) is 5.56 Å². The first-order valence-corrected chi connectivity index (χ1v) is 9.41. The molecule has 4 rings (SSSR count). The van der Waals surface area contributed by atoms with E-state index in [-0.39, 0.29) is 24.1 Å². The number of nitrogens with zero attached hydrogens (tertiary/aromatic N) is 3.